The van der Waals surface area contributed by atoms with Gasteiger partial charge in [-0.05, 0) is 96.7 Å². The van der Waals surface area contributed by atoms with Gasteiger partial charge in [0.15, 0.2) is 6.10 Å². The zero-order chi connectivity index (χ0) is 23.1. The van der Waals surface area contributed by atoms with E-state index in [1.807, 2.05) is 0 Å². The summed E-state index contributed by atoms with van der Waals surface area (Å²) in [5.41, 5.74) is 0.286. The van der Waals surface area contributed by atoms with Gasteiger partial charge in [0.1, 0.15) is 0 Å². The largest absolute Gasteiger partial charge is 0.479 e. The van der Waals surface area contributed by atoms with Crippen LogP contribution < -0.4 is 0 Å². The average Bonchev–Trinajstić information content (AvgIpc) is 3.36. The maximum Gasteiger partial charge on any atom is 0.332 e. The predicted molar refractivity (Wildman–Crippen MR) is 120 cm³/mol. The lowest BCUT2D eigenvalue weighted by Gasteiger charge is -2.63. The standard InChI is InChI=1S/C27H42O5/c1-14-12-15(22(30)31)32-20-19(14)24(4)10-11-27-13-26(27)9-8-18(28)23(2,3)16(26)6-7-17(27)25(24,5)21(20)29/h14-21,28-29H,6-13H2,1-5H3,(H,30,31)/t14-,15-,16+,17+,18+,19+,20+,21+,24-,25-,26-,27?/m1/s1. The highest BCUT2D eigenvalue weighted by Crippen LogP contribution is 2.89. The van der Waals surface area contributed by atoms with Gasteiger partial charge in [0, 0.05) is 5.41 Å². The van der Waals surface area contributed by atoms with Gasteiger partial charge in [-0.3, -0.25) is 0 Å². The Kier molecular flexibility index (Phi) is 4.18. The van der Waals surface area contributed by atoms with Crippen molar-refractivity contribution in [2.24, 2.45) is 50.7 Å². The fourth-order valence-corrected chi connectivity index (χ4v) is 11.4. The van der Waals surface area contributed by atoms with Crippen molar-refractivity contribution in [3.05, 3.63) is 0 Å². The molecular weight excluding hydrogens is 404 g/mol. The van der Waals surface area contributed by atoms with Crippen LogP contribution >= 0.6 is 0 Å². The minimum absolute atomic E-state index is 0.0315. The van der Waals surface area contributed by atoms with Gasteiger partial charge >= 0.3 is 5.97 Å². The van der Waals surface area contributed by atoms with Gasteiger partial charge in [-0.2, -0.15) is 0 Å². The van der Waals surface area contributed by atoms with Gasteiger partial charge < -0.3 is 20.1 Å². The van der Waals surface area contributed by atoms with E-state index in [2.05, 4.69) is 34.6 Å². The second-order valence-corrected chi connectivity index (χ2v) is 13.9. The molecule has 0 radical (unpaired) electrons. The van der Waals surface area contributed by atoms with E-state index in [0.717, 1.165) is 32.1 Å². The lowest BCUT2D eigenvalue weighted by molar-refractivity contribution is -0.183. The molecule has 32 heavy (non-hydrogen) atoms. The number of hydrogen-bond acceptors (Lipinski definition) is 4. The molecule has 0 bridgehead atoms. The number of hydrogen-bond donors (Lipinski definition) is 3. The lowest BCUT2D eigenvalue weighted by atomic mass is 9.41. The van der Waals surface area contributed by atoms with E-state index in [-0.39, 0.29) is 45.7 Å². The molecule has 0 aromatic heterocycles. The lowest BCUT2D eigenvalue weighted by Crippen LogP contribution is -2.59. The summed E-state index contributed by atoms with van der Waals surface area (Å²) in [5, 5.41) is 32.4. The molecule has 5 saturated carbocycles. The number of ether oxygens (including phenoxy) is 1. The van der Waals surface area contributed by atoms with Crippen LogP contribution in [-0.4, -0.2) is 45.7 Å². The zero-order valence-corrected chi connectivity index (χ0v) is 20.4. The number of rotatable bonds is 1. The van der Waals surface area contributed by atoms with Crippen LogP contribution in [0.3, 0.4) is 0 Å². The van der Waals surface area contributed by atoms with Crippen LogP contribution in [-0.2, 0) is 9.53 Å². The normalized spacial score (nSPS) is 62.1. The fraction of sp³-hybridized carbons (Fsp3) is 0.963. The van der Waals surface area contributed by atoms with Crippen molar-refractivity contribution in [3.63, 3.8) is 0 Å². The molecule has 5 aliphatic carbocycles. The van der Waals surface area contributed by atoms with Crippen LogP contribution in [0.15, 0.2) is 0 Å². The molecule has 6 aliphatic rings. The van der Waals surface area contributed by atoms with E-state index in [4.69, 9.17) is 4.74 Å². The molecule has 1 heterocycles. The third-order valence-electron chi connectivity index (χ3n) is 13.1. The van der Waals surface area contributed by atoms with Crippen molar-refractivity contribution in [2.45, 2.75) is 110 Å². The van der Waals surface area contributed by atoms with Gasteiger partial charge in [0.25, 0.3) is 0 Å². The highest BCUT2D eigenvalue weighted by atomic mass is 16.5. The average molecular weight is 447 g/mol. The Morgan fingerprint density at radius 2 is 1.59 bits per heavy atom. The van der Waals surface area contributed by atoms with E-state index in [0.29, 0.717) is 23.7 Å². The molecule has 1 unspecified atom stereocenters. The van der Waals surface area contributed by atoms with Gasteiger partial charge in [-0.15, -0.1) is 0 Å². The summed E-state index contributed by atoms with van der Waals surface area (Å²) in [4.78, 5) is 11.8. The molecule has 5 nitrogen and oxygen atoms in total. The fourth-order valence-electron chi connectivity index (χ4n) is 11.4. The van der Waals surface area contributed by atoms with Crippen molar-refractivity contribution in [3.8, 4) is 0 Å². The molecule has 0 aromatic carbocycles. The predicted octanol–water partition coefficient (Wildman–Crippen LogP) is 4.25. The Hall–Kier alpha value is -0.650. The zero-order valence-electron chi connectivity index (χ0n) is 20.4. The third-order valence-corrected chi connectivity index (χ3v) is 13.1. The second kappa shape index (κ2) is 6.12. The van der Waals surface area contributed by atoms with Gasteiger partial charge in [0.05, 0.1) is 18.3 Å². The highest BCUT2D eigenvalue weighted by molar-refractivity contribution is 5.72. The summed E-state index contributed by atoms with van der Waals surface area (Å²) in [6.45, 7) is 11.5. The summed E-state index contributed by atoms with van der Waals surface area (Å²) in [6, 6.07) is 0. The second-order valence-electron chi connectivity index (χ2n) is 13.9. The number of carboxylic acids is 1. The summed E-state index contributed by atoms with van der Waals surface area (Å²) in [5.74, 6) is 0.575. The van der Waals surface area contributed by atoms with Gasteiger partial charge in [-0.1, -0.05) is 34.6 Å². The van der Waals surface area contributed by atoms with Crippen LogP contribution in [0, 0.1) is 50.7 Å². The van der Waals surface area contributed by atoms with Crippen LogP contribution in [0.25, 0.3) is 0 Å². The van der Waals surface area contributed by atoms with E-state index < -0.39 is 18.2 Å². The number of carboxylic acid groups (broad SMARTS) is 1. The van der Waals surface area contributed by atoms with Crippen molar-refractivity contribution in [2.75, 3.05) is 0 Å². The highest BCUT2D eigenvalue weighted by Gasteiger charge is 2.84. The quantitative estimate of drug-likeness (QED) is 0.561. The molecule has 5 heteroatoms. The van der Waals surface area contributed by atoms with E-state index in [1.165, 1.54) is 12.8 Å². The molecule has 0 amide bonds. The van der Waals surface area contributed by atoms with E-state index in [9.17, 15) is 20.1 Å². The Balaban J connectivity index is 1.40. The summed E-state index contributed by atoms with van der Waals surface area (Å²) >= 11 is 0. The van der Waals surface area contributed by atoms with Gasteiger partial charge in [-0.25, -0.2) is 4.79 Å². The Labute approximate surface area is 192 Å². The SMILES string of the molecule is C[C@@H]1C[C@H](C(=O)O)O[C@H]2[C@H]1[C@@]1(C)CCC34C[C@@]35CC[C@H](O)C(C)(C)[C@@H]5CC[C@H]4[C@]1(C)[C@H]2O. The number of carbonyl (C=O) groups is 1. The van der Waals surface area contributed by atoms with Crippen molar-refractivity contribution in [1.29, 1.82) is 0 Å². The van der Waals surface area contributed by atoms with Crippen molar-refractivity contribution >= 4 is 5.97 Å². The summed E-state index contributed by atoms with van der Waals surface area (Å²) in [7, 11) is 0. The van der Waals surface area contributed by atoms with Crippen LogP contribution in [0.5, 0.6) is 0 Å². The number of aliphatic carboxylic acids is 1. The molecule has 6 fully saturated rings. The van der Waals surface area contributed by atoms with Crippen LogP contribution in [0.1, 0.15) is 86.0 Å². The first-order valence-electron chi connectivity index (χ1n) is 13.1. The van der Waals surface area contributed by atoms with Crippen LogP contribution in [0.2, 0.25) is 0 Å². The Bertz CT molecular complexity index is 855. The molecule has 6 rings (SSSR count). The Morgan fingerprint density at radius 1 is 0.938 bits per heavy atom. The first-order chi connectivity index (χ1) is 14.9. The molecule has 0 aromatic rings. The monoisotopic (exact) mass is 446 g/mol. The molecule has 3 N–H and O–H groups in total. The first kappa shape index (κ1) is 21.9. The molecule has 1 saturated heterocycles. The molecular formula is C27H42O5. The summed E-state index contributed by atoms with van der Waals surface area (Å²) < 4.78 is 6.17. The maximum atomic E-state index is 11.9. The topological polar surface area (TPSA) is 87.0 Å². The first-order valence-corrected chi connectivity index (χ1v) is 13.1. The number of fused-ring (bicyclic) bond motifs is 4. The summed E-state index contributed by atoms with van der Waals surface area (Å²) in [6.07, 6.45) is 6.41. The molecule has 2 spiro atoms. The van der Waals surface area contributed by atoms with E-state index in [1.54, 1.807) is 0 Å². The minimum atomic E-state index is -0.895. The minimum Gasteiger partial charge on any atom is -0.479 e. The van der Waals surface area contributed by atoms with Crippen molar-refractivity contribution < 1.29 is 24.9 Å². The molecule has 12 atom stereocenters. The third kappa shape index (κ3) is 2.13. The number of aliphatic hydroxyl groups excluding tert-OH is 2. The van der Waals surface area contributed by atoms with Crippen molar-refractivity contribution in [1.82, 2.24) is 0 Å². The Morgan fingerprint density at radius 3 is 2.28 bits per heavy atom. The van der Waals surface area contributed by atoms with Gasteiger partial charge in [0.2, 0.25) is 0 Å². The molecule has 1 aliphatic heterocycles. The maximum absolute atomic E-state index is 11.9. The molecule has 180 valence electrons. The van der Waals surface area contributed by atoms with E-state index >= 15 is 0 Å². The number of aliphatic hydroxyl groups is 2. The van der Waals surface area contributed by atoms with Crippen LogP contribution in [0.4, 0.5) is 0 Å². The smallest absolute Gasteiger partial charge is 0.332 e.